The Hall–Kier alpha value is -3.70. The second kappa shape index (κ2) is 8.67. The molecule has 196 valence electrons. The number of pyridine rings is 1. The first kappa shape index (κ1) is 23.4. The summed E-state index contributed by atoms with van der Waals surface area (Å²) in [5.74, 6) is 1.00. The van der Waals surface area contributed by atoms with Gasteiger partial charge in [-0.2, -0.15) is 13.5 Å². The minimum atomic E-state index is -4.19. The second-order valence-corrected chi connectivity index (χ2v) is 12.0. The van der Waals surface area contributed by atoms with E-state index in [1.165, 1.54) is 11.8 Å². The van der Waals surface area contributed by atoms with Crippen LogP contribution in [0.25, 0.3) is 16.6 Å². The number of benzene rings is 1. The highest BCUT2D eigenvalue weighted by Gasteiger charge is 2.39. The zero-order chi connectivity index (χ0) is 26.0. The van der Waals surface area contributed by atoms with Gasteiger partial charge < -0.3 is 14.6 Å². The van der Waals surface area contributed by atoms with E-state index in [-0.39, 0.29) is 11.1 Å². The van der Waals surface area contributed by atoms with Crippen LogP contribution in [0, 0.1) is 12.8 Å². The number of hydrogen-bond acceptors (Lipinski definition) is 6. The Balaban J connectivity index is 1.21. The Labute approximate surface area is 220 Å². The number of carbonyl (C=O) groups excluding carboxylic acids is 1. The minimum Gasteiger partial charge on any atom is -0.368 e. The lowest BCUT2D eigenvalue weighted by atomic mass is 9.93. The molecular weight excluding hydrogens is 504 g/mol. The molecule has 1 aliphatic heterocycles. The molecule has 4 aromatic rings. The van der Waals surface area contributed by atoms with Crippen molar-refractivity contribution in [3.63, 3.8) is 0 Å². The van der Waals surface area contributed by atoms with Gasteiger partial charge >= 0.3 is 6.03 Å². The third kappa shape index (κ3) is 3.97. The molecule has 2 amide bonds. The molecule has 0 saturated heterocycles. The molecule has 0 radical (unpaired) electrons. The van der Waals surface area contributed by atoms with Crippen molar-refractivity contribution in [2.75, 3.05) is 11.9 Å². The fourth-order valence-corrected chi connectivity index (χ4v) is 6.71. The van der Waals surface area contributed by atoms with Crippen molar-refractivity contribution in [1.82, 2.24) is 23.9 Å². The van der Waals surface area contributed by atoms with E-state index in [0.29, 0.717) is 30.6 Å². The van der Waals surface area contributed by atoms with Gasteiger partial charge in [0.15, 0.2) is 5.03 Å². The lowest BCUT2D eigenvalue weighted by Gasteiger charge is -2.23. The quantitative estimate of drug-likeness (QED) is 0.401. The normalized spacial score (nSPS) is 18.8. The van der Waals surface area contributed by atoms with Gasteiger partial charge in [-0.25, -0.2) is 19.0 Å². The predicted octanol–water partition coefficient (Wildman–Crippen LogP) is 3.99. The fourth-order valence-electron chi connectivity index (χ4n) is 5.83. The number of carbonyl (C=O) groups is 1. The first-order valence-electron chi connectivity index (χ1n) is 13.0. The highest BCUT2D eigenvalue weighted by atomic mass is 32.2. The van der Waals surface area contributed by atoms with Gasteiger partial charge in [0, 0.05) is 30.7 Å². The van der Waals surface area contributed by atoms with Crippen LogP contribution in [0.5, 0.6) is 0 Å². The van der Waals surface area contributed by atoms with Crippen molar-refractivity contribution >= 4 is 27.3 Å². The van der Waals surface area contributed by atoms with E-state index in [1.54, 1.807) is 10.7 Å². The number of ether oxygens (including phenoxy) is 1. The Morgan fingerprint density at radius 1 is 1.18 bits per heavy atom. The molecule has 4 heterocycles. The standard InChI is InChI=1S/C27H28N6O4S/c1-16-13-18-3-2-4-21(18)24(23(16)19-8-10-33-20(14-19)7-9-28-33)30-27(34)31-38(35,36)22-15-32-11-12-37-25(17-5-6-17)26(32)29-22/h7-10,13-15,17,25H,2-6,11-12H2,1H3,(H2,30,31,34). The molecule has 1 unspecified atom stereocenters. The number of rotatable bonds is 5. The topological polar surface area (TPSA) is 120 Å². The van der Waals surface area contributed by atoms with Gasteiger partial charge in [0.25, 0.3) is 10.0 Å². The maximum Gasteiger partial charge on any atom is 0.333 e. The predicted molar refractivity (Wildman–Crippen MR) is 140 cm³/mol. The monoisotopic (exact) mass is 532 g/mol. The smallest absolute Gasteiger partial charge is 0.333 e. The maximum atomic E-state index is 13.2. The largest absolute Gasteiger partial charge is 0.368 e. The highest BCUT2D eigenvalue weighted by Crippen LogP contribution is 2.44. The second-order valence-electron chi connectivity index (χ2n) is 10.4. The van der Waals surface area contributed by atoms with Crippen LogP contribution in [0.3, 0.4) is 0 Å². The molecule has 2 aliphatic carbocycles. The van der Waals surface area contributed by atoms with Crippen molar-refractivity contribution in [2.24, 2.45) is 5.92 Å². The average Bonchev–Trinajstić information content (AvgIpc) is 3.26. The number of hydrogen-bond donors (Lipinski definition) is 2. The molecule has 1 saturated carbocycles. The summed E-state index contributed by atoms with van der Waals surface area (Å²) < 4.78 is 38.1. The number of amides is 2. The Morgan fingerprint density at radius 3 is 2.89 bits per heavy atom. The van der Waals surface area contributed by atoms with Gasteiger partial charge in [-0.3, -0.25) is 0 Å². The molecule has 7 rings (SSSR count). The van der Waals surface area contributed by atoms with Gasteiger partial charge in [0.2, 0.25) is 0 Å². The van der Waals surface area contributed by atoms with E-state index in [1.807, 2.05) is 35.9 Å². The van der Waals surface area contributed by atoms with E-state index < -0.39 is 16.1 Å². The van der Waals surface area contributed by atoms with E-state index >= 15 is 0 Å². The van der Waals surface area contributed by atoms with Gasteiger partial charge in [-0.1, -0.05) is 6.07 Å². The van der Waals surface area contributed by atoms with Crippen LogP contribution < -0.4 is 10.0 Å². The number of anilines is 1. The lowest BCUT2D eigenvalue weighted by molar-refractivity contribution is 0.00283. The van der Waals surface area contributed by atoms with Crippen LogP contribution in [0.4, 0.5) is 10.5 Å². The molecule has 1 atom stereocenters. The van der Waals surface area contributed by atoms with Crippen LogP contribution >= 0.6 is 0 Å². The molecule has 11 heteroatoms. The summed E-state index contributed by atoms with van der Waals surface area (Å²) in [4.78, 5) is 17.6. The van der Waals surface area contributed by atoms with E-state index in [9.17, 15) is 13.2 Å². The van der Waals surface area contributed by atoms with E-state index in [2.05, 4.69) is 26.2 Å². The van der Waals surface area contributed by atoms with Crippen LogP contribution in [0.15, 0.2) is 47.9 Å². The zero-order valence-corrected chi connectivity index (χ0v) is 21.8. The van der Waals surface area contributed by atoms with E-state index in [0.717, 1.165) is 59.9 Å². The molecule has 38 heavy (non-hydrogen) atoms. The third-order valence-electron chi connectivity index (χ3n) is 7.75. The Bertz CT molecular complexity index is 1700. The number of aromatic nitrogens is 4. The first-order chi connectivity index (χ1) is 18.4. The van der Waals surface area contributed by atoms with Crippen molar-refractivity contribution in [2.45, 2.75) is 56.7 Å². The summed E-state index contributed by atoms with van der Waals surface area (Å²) in [6.45, 7) is 3.07. The number of sulfonamides is 1. The molecule has 2 N–H and O–H groups in total. The Morgan fingerprint density at radius 2 is 2.05 bits per heavy atom. The molecule has 10 nitrogen and oxygen atoms in total. The number of nitrogens with one attached hydrogen (secondary N) is 2. The summed E-state index contributed by atoms with van der Waals surface area (Å²) in [5, 5.41) is 7.01. The number of nitrogens with zero attached hydrogens (tertiary/aromatic N) is 4. The van der Waals surface area contributed by atoms with Crippen LogP contribution in [0.2, 0.25) is 0 Å². The SMILES string of the molecule is Cc1cc2c(c(NC(=O)NS(=O)(=O)c3cn4c(n3)C(C3CC3)OCC4)c1-c1ccn3nccc3c1)CCC2. The molecule has 1 aromatic carbocycles. The first-order valence-corrected chi connectivity index (χ1v) is 14.5. The third-order valence-corrected chi connectivity index (χ3v) is 8.95. The zero-order valence-electron chi connectivity index (χ0n) is 21.0. The van der Waals surface area contributed by atoms with Gasteiger partial charge in [0.1, 0.15) is 11.9 Å². The number of imidazole rings is 1. The molecule has 0 spiro atoms. The number of urea groups is 1. The van der Waals surface area contributed by atoms with E-state index in [4.69, 9.17) is 4.74 Å². The maximum absolute atomic E-state index is 13.2. The molecule has 3 aromatic heterocycles. The van der Waals surface area contributed by atoms with Crippen molar-refractivity contribution in [3.05, 3.63) is 65.4 Å². The van der Waals surface area contributed by atoms with Crippen LogP contribution in [-0.2, 0) is 34.1 Å². The Kier molecular flexibility index (Phi) is 5.34. The summed E-state index contributed by atoms with van der Waals surface area (Å²) in [5.41, 5.74) is 6.63. The van der Waals surface area contributed by atoms with Gasteiger partial charge in [0.05, 0.1) is 17.8 Å². The number of aryl methyl sites for hydroxylation is 2. The van der Waals surface area contributed by atoms with Crippen LogP contribution in [-0.4, -0.2) is 40.2 Å². The van der Waals surface area contributed by atoms with Crippen molar-refractivity contribution in [1.29, 1.82) is 0 Å². The molecule has 1 fully saturated rings. The summed E-state index contributed by atoms with van der Waals surface area (Å²) in [6.07, 6.45) is 9.76. The summed E-state index contributed by atoms with van der Waals surface area (Å²) in [7, 11) is -4.19. The average molecular weight is 533 g/mol. The minimum absolute atomic E-state index is 0.167. The highest BCUT2D eigenvalue weighted by molar-refractivity contribution is 7.90. The van der Waals surface area contributed by atoms with Crippen LogP contribution in [0.1, 0.15) is 47.9 Å². The lowest BCUT2D eigenvalue weighted by Crippen LogP contribution is -2.35. The molecular formula is C27H28N6O4S. The summed E-state index contributed by atoms with van der Waals surface area (Å²) in [6, 6.07) is 7.26. The molecule has 3 aliphatic rings. The molecule has 0 bridgehead atoms. The van der Waals surface area contributed by atoms with Gasteiger partial charge in [-0.05, 0) is 85.4 Å². The summed E-state index contributed by atoms with van der Waals surface area (Å²) >= 11 is 0. The fraction of sp³-hybridized carbons (Fsp3) is 0.370. The van der Waals surface area contributed by atoms with Gasteiger partial charge in [-0.15, -0.1) is 0 Å². The van der Waals surface area contributed by atoms with Crippen molar-refractivity contribution < 1.29 is 17.9 Å². The number of fused-ring (bicyclic) bond motifs is 3. The van der Waals surface area contributed by atoms with Crippen molar-refractivity contribution in [3.8, 4) is 11.1 Å².